The third kappa shape index (κ3) is 2.71. The number of hydrogen-bond acceptors (Lipinski definition) is 6. The number of aliphatic hydroxyl groups is 1. The Morgan fingerprint density at radius 2 is 2.17 bits per heavy atom. The molecule has 2 bridgehead atoms. The number of likely N-dealkylation sites (tertiary alicyclic amines) is 1. The first kappa shape index (κ1) is 22.4. The maximum absolute atomic E-state index is 13.3. The van der Waals surface area contributed by atoms with Crippen LogP contribution in [0.1, 0.15) is 42.9 Å². The van der Waals surface area contributed by atoms with Gasteiger partial charge >= 0.3 is 0 Å². The van der Waals surface area contributed by atoms with Gasteiger partial charge in [0, 0.05) is 43.4 Å². The Hall–Kier alpha value is -3.03. The van der Waals surface area contributed by atoms with Crippen LogP contribution in [0.3, 0.4) is 0 Å². The molecule has 1 saturated heterocycles. The Kier molecular flexibility index (Phi) is 4.80. The summed E-state index contributed by atoms with van der Waals surface area (Å²) in [6, 6.07) is 5.10. The van der Waals surface area contributed by atoms with Gasteiger partial charge in [0.05, 0.1) is 29.6 Å². The highest BCUT2D eigenvalue weighted by Crippen LogP contribution is 2.69. The molecule has 7 nitrogen and oxygen atoms in total. The van der Waals surface area contributed by atoms with Crippen molar-refractivity contribution < 1.29 is 24.2 Å². The van der Waals surface area contributed by atoms with E-state index in [1.807, 2.05) is 19.1 Å². The van der Waals surface area contributed by atoms with Gasteiger partial charge in [0.1, 0.15) is 5.60 Å². The average Bonchev–Trinajstić information content (AvgIpc) is 3.44. The number of aromatic hydroxyl groups is 1. The van der Waals surface area contributed by atoms with Crippen LogP contribution in [0.25, 0.3) is 6.08 Å². The van der Waals surface area contributed by atoms with Gasteiger partial charge in [-0.2, -0.15) is 0 Å². The van der Waals surface area contributed by atoms with Gasteiger partial charge in [0.2, 0.25) is 5.91 Å². The maximum Gasteiger partial charge on any atom is 0.246 e. The van der Waals surface area contributed by atoms with Crippen LogP contribution in [0.5, 0.6) is 11.5 Å². The van der Waals surface area contributed by atoms with Crippen molar-refractivity contribution in [3.8, 4) is 11.5 Å². The molecule has 6 rings (SSSR count). The van der Waals surface area contributed by atoms with Gasteiger partial charge in [-0.05, 0) is 56.4 Å². The van der Waals surface area contributed by atoms with Crippen LogP contribution >= 0.6 is 0 Å². The van der Waals surface area contributed by atoms with Gasteiger partial charge in [0.25, 0.3) is 0 Å². The molecule has 2 aliphatic heterocycles. The van der Waals surface area contributed by atoms with Crippen molar-refractivity contribution >= 4 is 12.0 Å². The summed E-state index contributed by atoms with van der Waals surface area (Å²) < 4.78 is 11.8. The van der Waals surface area contributed by atoms with E-state index in [9.17, 15) is 15.0 Å². The van der Waals surface area contributed by atoms with E-state index in [2.05, 4.69) is 11.5 Å². The molecule has 3 heterocycles. The van der Waals surface area contributed by atoms with Crippen molar-refractivity contribution in [1.29, 1.82) is 0 Å². The van der Waals surface area contributed by atoms with Crippen LogP contribution in [0, 0.1) is 0 Å². The highest BCUT2D eigenvalue weighted by Gasteiger charge is 2.78. The largest absolute Gasteiger partial charge is 0.504 e. The lowest BCUT2D eigenvalue weighted by Crippen LogP contribution is -2.82. The zero-order valence-electron chi connectivity index (χ0n) is 20.2. The van der Waals surface area contributed by atoms with E-state index in [1.165, 1.54) is 0 Å². The van der Waals surface area contributed by atoms with Gasteiger partial charge in [-0.15, -0.1) is 6.58 Å². The molecule has 2 fully saturated rings. The molecule has 1 amide bonds. The molecule has 2 N–H and O–H groups in total. The number of nitrogens with zero attached hydrogens (tertiary/aromatic N) is 2. The number of amides is 1. The Morgan fingerprint density at radius 3 is 2.91 bits per heavy atom. The van der Waals surface area contributed by atoms with Gasteiger partial charge < -0.3 is 24.3 Å². The molecule has 5 atom stereocenters. The van der Waals surface area contributed by atoms with E-state index < -0.39 is 16.6 Å². The molecule has 2 aromatic rings. The smallest absolute Gasteiger partial charge is 0.246 e. The summed E-state index contributed by atoms with van der Waals surface area (Å²) in [6.45, 7) is 7.46. The number of rotatable bonds is 5. The topological polar surface area (TPSA) is 86.4 Å². The lowest BCUT2D eigenvalue weighted by atomic mass is 9.44. The van der Waals surface area contributed by atoms with Crippen LogP contribution in [0.2, 0.25) is 0 Å². The van der Waals surface area contributed by atoms with Crippen molar-refractivity contribution in [2.75, 3.05) is 20.1 Å². The van der Waals surface area contributed by atoms with E-state index >= 15 is 0 Å². The van der Waals surface area contributed by atoms with Gasteiger partial charge in [0.15, 0.2) is 11.5 Å². The van der Waals surface area contributed by atoms with Crippen LogP contribution < -0.4 is 4.74 Å². The highest BCUT2D eigenvalue weighted by molar-refractivity contribution is 5.92. The van der Waals surface area contributed by atoms with Gasteiger partial charge in [-0.1, -0.05) is 12.1 Å². The fourth-order valence-corrected chi connectivity index (χ4v) is 7.82. The minimum absolute atomic E-state index is 0.0805. The number of hydrogen-bond donors (Lipinski definition) is 2. The summed E-state index contributed by atoms with van der Waals surface area (Å²) in [4.78, 5) is 17.4. The van der Waals surface area contributed by atoms with Crippen molar-refractivity contribution in [2.24, 2.45) is 0 Å². The second kappa shape index (κ2) is 7.48. The van der Waals surface area contributed by atoms with E-state index in [-0.39, 0.29) is 23.7 Å². The van der Waals surface area contributed by atoms with Crippen molar-refractivity contribution in [2.45, 2.75) is 61.3 Å². The summed E-state index contributed by atoms with van der Waals surface area (Å²) in [5.41, 5.74) is 0.204. The zero-order valence-corrected chi connectivity index (χ0v) is 20.2. The lowest BCUT2D eigenvalue weighted by molar-refractivity contribution is -0.227. The lowest BCUT2D eigenvalue weighted by Gasteiger charge is -2.67. The predicted molar refractivity (Wildman–Crippen MR) is 131 cm³/mol. The minimum Gasteiger partial charge on any atom is -0.504 e. The molecule has 2 aliphatic carbocycles. The zero-order chi connectivity index (χ0) is 24.6. The van der Waals surface area contributed by atoms with E-state index in [4.69, 9.17) is 9.15 Å². The first-order valence-corrected chi connectivity index (χ1v) is 12.4. The SMILES string of the molecule is C=CCN1CC[C@]23c4c5ccc(O)c4O[C@@]2(C)[C@H](N(C)C(=O)/C=C/c2ccoc2)CC[C@@]3(O)[C@H]1C5. The second-order valence-corrected chi connectivity index (χ2v) is 10.6. The van der Waals surface area contributed by atoms with Crippen molar-refractivity contribution in [3.63, 3.8) is 0 Å². The van der Waals surface area contributed by atoms with Crippen LogP contribution in [0.15, 0.2) is 53.9 Å². The number of carbonyl (C=O) groups excluding carboxylic acids is 1. The molecule has 1 aromatic heterocycles. The third-order valence-corrected chi connectivity index (χ3v) is 9.30. The number of ether oxygens (including phenoxy) is 1. The number of phenols is 1. The Balaban J connectivity index is 1.46. The molecule has 7 heteroatoms. The van der Waals surface area contributed by atoms with Crippen molar-refractivity contribution in [1.82, 2.24) is 9.80 Å². The molecule has 184 valence electrons. The monoisotopic (exact) mass is 476 g/mol. The first-order valence-electron chi connectivity index (χ1n) is 12.4. The molecular weight excluding hydrogens is 444 g/mol. The number of furan rings is 1. The van der Waals surface area contributed by atoms with Crippen molar-refractivity contribution in [3.05, 3.63) is 66.1 Å². The summed E-state index contributed by atoms with van der Waals surface area (Å²) in [6.07, 6.45) is 10.9. The van der Waals surface area contributed by atoms with Crippen LogP contribution in [0.4, 0.5) is 0 Å². The van der Waals surface area contributed by atoms with E-state index in [1.54, 1.807) is 48.8 Å². The first-order chi connectivity index (χ1) is 16.8. The minimum atomic E-state index is -1.04. The molecule has 1 saturated carbocycles. The normalized spacial score (nSPS) is 34.9. The average molecular weight is 477 g/mol. The Labute approximate surface area is 205 Å². The molecule has 1 spiro atoms. The van der Waals surface area contributed by atoms with E-state index in [0.29, 0.717) is 38.0 Å². The summed E-state index contributed by atoms with van der Waals surface area (Å²) in [5, 5.41) is 23.4. The molecule has 35 heavy (non-hydrogen) atoms. The number of likely N-dealkylation sites (N-methyl/N-ethyl adjacent to an activating group) is 1. The molecule has 0 radical (unpaired) electrons. The molecule has 1 aromatic carbocycles. The quantitative estimate of drug-likeness (QED) is 0.509. The number of piperidine rings is 1. The third-order valence-electron chi connectivity index (χ3n) is 9.30. The number of carbonyl (C=O) groups is 1. The number of phenolic OH excluding ortho intramolecular Hbond substituents is 1. The summed E-state index contributed by atoms with van der Waals surface area (Å²) >= 11 is 0. The predicted octanol–water partition coefficient (Wildman–Crippen LogP) is 3.26. The number of benzene rings is 1. The standard InChI is InChI=1S/C28H32N2O5/c1-4-13-30-14-12-27-24-19-6-7-20(31)25(24)35-26(27,2)21(9-11-28(27,33)22(30)16-19)29(3)23(32)8-5-18-10-15-34-17-18/h4-8,10,15,17,21-22,31,33H,1,9,11-14,16H2,2-3H3/b8-5+/t21-,22-,26+,27+,28-/m1/s1. The van der Waals surface area contributed by atoms with Crippen LogP contribution in [-0.2, 0) is 16.6 Å². The Bertz CT molecular complexity index is 1220. The fourth-order valence-electron chi connectivity index (χ4n) is 7.82. The molecule has 4 aliphatic rings. The fraction of sp³-hybridized carbons (Fsp3) is 0.464. The summed E-state index contributed by atoms with van der Waals surface area (Å²) in [7, 11) is 1.80. The second-order valence-electron chi connectivity index (χ2n) is 10.6. The molecule has 0 unspecified atom stereocenters. The van der Waals surface area contributed by atoms with Gasteiger partial charge in [-0.25, -0.2) is 0 Å². The summed E-state index contributed by atoms with van der Waals surface area (Å²) in [5.74, 6) is 0.427. The van der Waals surface area contributed by atoms with E-state index in [0.717, 1.165) is 23.2 Å². The maximum atomic E-state index is 13.3. The highest BCUT2D eigenvalue weighted by atomic mass is 16.5. The molecular formula is C28H32N2O5. The van der Waals surface area contributed by atoms with Crippen LogP contribution in [-0.4, -0.2) is 69.3 Å². The Morgan fingerprint density at radius 1 is 1.34 bits per heavy atom. The van der Waals surface area contributed by atoms with Gasteiger partial charge in [-0.3, -0.25) is 9.69 Å².